The Morgan fingerprint density at radius 2 is 1.60 bits per heavy atom. The van der Waals surface area contributed by atoms with E-state index in [4.69, 9.17) is 0 Å². The van der Waals surface area contributed by atoms with Crippen LogP contribution in [0.25, 0.3) is 0 Å². The lowest BCUT2D eigenvalue weighted by atomic mass is 10.2. The zero-order valence-electron chi connectivity index (χ0n) is 6.69. The van der Waals surface area contributed by atoms with E-state index in [0.29, 0.717) is 0 Å². The van der Waals surface area contributed by atoms with E-state index >= 15 is 0 Å². The van der Waals surface area contributed by atoms with Crippen LogP contribution in [0.1, 0.15) is 19.4 Å². The van der Waals surface area contributed by atoms with Crippen LogP contribution in [0.15, 0.2) is 24.3 Å². The van der Waals surface area contributed by atoms with Crippen LogP contribution in [-0.2, 0) is 0 Å². The lowest BCUT2D eigenvalue weighted by molar-refractivity contribution is 1.43. The number of rotatable bonds is 0. The molecule has 0 spiro atoms. The first kappa shape index (κ1) is 9.95. The molecule has 0 saturated carbocycles. The molecule has 1 aromatic carbocycles. The predicted molar refractivity (Wildman–Crippen MR) is 55.2 cm³/mol. The van der Waals surface area contributed by atoms with Gasteiger partial charge in [-0.05, 0) is 41.1 Å². The Morgan fingerprint density at radius 1 is 1.10 bits per heavy atom. The minimum Gasteiger partial charge on any atom is -0.0683 e. The number of halogens is 1. The van der Waals surface area contributed by atoms with Gasteiger partial charge in [0.25, 0.3) is 0 Å². The second-order valence-corrected chi connectivity index (χ2v) is 2.91. The summed E-state index contributed by atoms with van der Waals surface area (Å²) in [5.41, 5.74) is 1.35. The van der Waals surface area contributed by atoms with Crippen molar-refractivity contribution in [2.24, 2.45) is 0 Å². The summed E-state index contributed by atoms with van der Waals surface area (Å²) in [6.45, 7) is 6.11. The Labute approximate surface area is 76.8 Å². The van der Waals surface area contributed by atoms with Gasteiger partial charge in [-0.2, -0.15) is 0 Å². The number of benzene rings is 1. The Kier molecular flexibility index (Phi) is 5.69. The lowest BCUT2D eigenvalue weighted by Gasteiger charge is -1.91. The van der Waals surface area contributed by atoms with Crippen molar-refractivity contribution in [2.75, 3.05) is 0 Å². The third-order valence-corrected chi connectivity index (χ3v) is 2.29. The second-order valence-electron chi connectivity index (χ2n) is 1.75. The van der Waals surface area contributed by atoms with Gasteiger partial charge in [-0.25, -0.2) is 0 Å². The maximum atomic E-state index is 2.32. The van der Waals surface area contributed by atoms with Crippen LogP contribution >= 0.6 is 22.6 Å². The van der Waals surface area contributed by atoms with E-state index in [-0.39, 0.29) is 0 Å². The van der Waals surface area contributed by atoms with E-state index in [0.717, 1.165) is 0 Å². The van der Waals surface area contributed by atoms with Crippen LogP contribution in [0.2, 0.25) is 0 Å². The molecule has 0 aromatic heterocycles. The summed E-state index contributed by atoms with van der Waals surface area (Å²) in [5, 5.41) is 0. The maximum Gasteiger partial charge on any atom is 0.0159 e. The second kappa shape index (κ2) is 5.71. The molecule has 0 aliphatic heterocycles. The van der Waals surface area contributed by atoms with Gasteiger partial charge in [0.15, 0.2) is 0 Å². The molecule has 1 aromatic rings. The molecule has 0 fully saturated rings. The molecule has 0 radical (unpaired) electrons. The molecule has 1 heteroatoms. The highest BCUT2D eigenvalue weighted by molar-refractivity contribution is 14.1. The summed E-state index contributed by atoms with van der Waals surface area (Å²) in [6.07, 6.45) is 0. The third-order valence-electron chi connectivity index (χ3n) is 1.08. The van der Waals surface area contributed by atoms with Gasteiger partial charge in [0.1, 0.15) is 0 Å². The first-order valence-electron chi connectivity index (χ1n) is 3.52. The first-order chi connectivity index (χ1) is 4.80. The lowest BCUT2D eigenvalue weighted by Crippen LogP contribution is -1.74. The van der Waals surface area contributed by atoms with Gasteiger partial charge in [0, 0.05) is 3.57 Å². The fraction of sp³-hybridized carbons (Fsp3) is 0.333. The molecule has 0 N–H and O–H groups in total. The topological polar surface area (TPSA) is 0 Å². The normalized spacial score (nSPS) is 8.00. The van der Waals surface area contributed by atoms with Gasteiger partial charge in [-0.15, -0.1) is 0 Å². The largest absolute Gasteiger partial charge is 0.0683 e. The molecule has 10 heavy (non-hydrogen) atoms. The number of hydrogen-bond acceptors (Lipinski definition) is 0. The van der Waals surface area contributed by atoms with Gasteiger partial charge in [-0.1, -0.05) is 32.0 Å². The van der Waals surface area contributed by atoms with Crippen molar-refractivity contribution in [3.8, 4) is 0 Å². The van der Waals surface area contributed by atoms with Crippen LogP contribution in [0.5, 0.6) is 0 Å². The van der Waals surface area contributed by atoms with Crippen LogP contribution in [-0.4, -0.2) is 0 Å². The molecule has 0 bridgehead atoms. The summed E-state index contributed by atoms with van der Waals surface area (Å²) in [7, 11) is 0. The van der Waals surface area contributed by atoms with E-state index in [9.17, 15) is 0 Å². The Balaban J connectivity index is 0.000000371. The van der Waals surface area contributed by atoms with Crippen molar-refractivity contribution in [3.05, 3.63) is 33.4 Å². The van der Waals surface area contributed by atoms with E-state index < -0.39 is 0 Å². The van der Waals surface area contributed by atoms with Gasteiger partial charge in [-0.3, -0.25) is 0 Å². The quantitative estimate of drug-likeness (QED) is 0.615. The fourth-order valence-electron chi connectivity index (χ4n) is 0.551. The number of hydrogen-bond donors (Lipinski definition) is 0. The highest BCUT2D eigenvalue weighted by Crippen LogP contribution is 2.08. The van der Waals surface area contributed by atoms with Gasteiger partial charge in [0.05, 0.1) is 0 Å². The Hall–Kier alpha value is -0.0500. The molecule has 0 unspecified atom stereocenters. The molecule has 0 heterocycles. The summed E-state index contributed by atoms with van der Waals surface area (Å²) >= 11 is 2.32. The first-order valence-corrected chi connectivity index (χ1v) is 4.60. The van der Waals surface area contributed by atoms with Crippen LogP contribution < -0.4 is 0 Å². The van der Waals surface area contributed by atoms with Crippen molar-refractivity contribution >= 4 is 22.6 Å². The fourth-order valence-corrected chi connectivity index (χ4v) is 0.938. The van der Waals surface area contributed by atoms with Crippen molar-refractivity contribution in [1.82, 2.24) is 0 Å². The minimum atomic E-state index is 1.34. The SMILES string of the molecule is CC.Cc1ccccc1I. The monoisotopic (exact) mass is 248 g/mol. The maximum absolute atomic E-state index is 2.32. The summed E-state index contributed by atoms with van der Waals surface area (Å²) in [4.78, 5) is 0. The molecule has 1 rings (SSSR count). The van der Waals surface area contributed by atoms with Crippen molar-refractivity contribution < 1.29 is 0 Å². The van der Waals surface area contributed by atoms with E-state index in [1.54, 1.807) is 0 Å². The predicted octanol–water partition coefficient (Wildman–Crippen LogP) is 3.63. The van der Waals surface area contributed by atoms with Crippen molar-refractivity contribution in [3.63, 3.8) is 0 Å². The third kappa shape index (κ3) is 3.20. The average molecular weight is 248 g/mol. The molecule has 56 valence electrons. The van der Waals surface area contributed by atoms with Gasteiger partial charge < -0.3 is 0 Å². The van der Waals surface area contributed by atoms with E-state index in [2.05, 4.69) is 53.8 Å². The molecular formula is C9H13I. The zero-order chi connectivity index (χ0) is 7.98. The molecule has 0 nitrogen and oxygen atoms in total. The van der Waals surface area contributed by atoms with Crippen molar-refractivity contribution in [1.29, 1.82) is 0 Å². The summed E-state index contributed by atoms with van der Waals surface area (Å²) < 4.78 is 1.34. The molecule has 0 atom stereocenters. The van der Waals surface area contributed by atoms with Gasteiger partial charge in [0.2, 0.25) is 0 Å². The van der Waals surface area contributed by atoms with E-state index in [1.807, 2.05) is 13.8 Å². The highest BCUT2D eigenvalue weighted by Gasteiger charge is 1.85. The van der Waals surface area contributed by atoms with Gasteiger partial charge >= 0.3 is 0 Å². The summed E-state index contributed by atoms with van der Waals surface area (Å²) in [6, 6.07) is 8.32. The molecule has 0 saturated heterocycles. The Morgan fingerprint density at radius 3 is 1.90 bits per heavy atom. The van der Waals surface area contributed by atoms with E-state index in [1.165, 1.54) is 9.13 Å². The van der Waals surface area contributed by atoms with Crippen molar-refractivity contribution in [2.45, 2.75) is 20.8 Å². The molecule has 0 aliphatic carbocycles. The highest BCUT2D eigenvalue weighted by atomic mass is 127. The summed E-state index contributed by atoms with van der Waals surface area (Å²) in [5.74, 6) is 0. The van der Waals surface area contributed by atoms with Crippen LogP contribution in [0.3, 0.4) is 0 Å². The Bertz CT molecular complexity index is 161. The molecule has 0 aliphatic rings. The molecular weight excluding hydrogens is 235 g/mol. The molecule has 0 amide bonds. The van der Waals surface area contributed by atoms with Crippen LogP contribution in [0, 0.1) is 10.5 Å². The number of aryl methyl sites for hydroxylation is 1. The standard InChI is InChI=1S/C7H7I.C2H6/c1-6-4-2-3-5-7(6)8;1-2/h2-5H,1H3;1-2H3. The zero-order valence-corrected chi connectivity index (χ0v) is 8.84. The smallest absolute Gasteiger partial charge is 0.0159 e. The average Bonchev–Trinajstić information content (AvgIpc) is 2.00. The van der Waals surface area contributed by atoms with Crippen LogP contribution in [0.4, 0.5) is 0 Å². The minimum absolute atomic E-state index is 1.34.